The Bertz CT molecular complexity index is 957. The summed E-state index contributed by atoms with van der Waals surface area (Å²) in [4.78, 5) is 41.5. The van der Waals surface area contributed by atoms with Gasteiger partial charge in [0.25, 0.3) is 0 Å². The lowest BCUT2D eigenvalue weighted by atomic mass is 9.87. The lowest BCUT2D eigenvalue weighted by molar-refractivity contribution is -0.143. The van der Waals surface area contributed by atoms with Crippen LogP contribution in [-0.4, -0.2) is 76.9 Å². The highest BCUT2D eigenvalue weighted by atomic mass is 19.1. The standard InChI is InChI=1S/C24H32FN3O6/c1-24(2,3)34-23(32)26-8-9-27-18(13-26)14-28(22(27)31)17-10-16(25)11-20(12-17)33-19-6-4-15(5-7-19)21(29)30/h10-12,15,18-19H,4-9,13-14H2,1-3H3,(H,29,30). The van der Waals surface area contributed by atoms with Crippen molar-refractivity contribution in [2.75, 3.05) is 31.1 Å². The first-order valence-electron chi connectivity index (χ1n) is 11.8. The van der Waals surface area contributed by atoms with E-state index in [1.54, 1.807) is 15.9 Å². The van der Waals surface area contributed by atoms with Gasteiger partial charge >= 0.3 is 18.1 Å². The topological polar surface area (TPSA) is 99.6 Å². The number of hydrogen-bond donors (Lipinski definition) is 1. The molecule has 0 bridgehead atoms. The highest BCUT2D eigenvalue weighted by Crippen LogP contribution is 2.33. The Kier molecular flexibility index (Phi) is 6.60. The van der Waals surface area contributed by atoms with Crippen LogP contribution in [0.15, 0.2) is 18.2 Å². The quantitative estimate of drug-likeness (QED) is 0.710. The first-order chi connectivity index (χ1) is 16.0. The van der Waals surface area contributed by atoms with Gasteiger partial charge in [-0.1, -0.05) is 0 Å². The average Bonchev–Trinajstić information content (AvgIpc) is 3.08. The number of urea groups is 1. The number of carboxylic acid groups (broad SMARTS) is 1. The minimum Gasteiger partial charge on any atom is -0.490 e. The molecule has 3 aliphatic rings. The average molecular weight is 478 g/mol. The third-order valence-corrected chi connectivity index (χ3v) is 6.50. The van der Waals surface area contributed by atoms with Crippen LogP contribution in [0.5, 0.6) is 5.75 Å². The third kappa shape index (κ3) is 5.37. The van der Waals surface area contributed by atoms with Gasteiger partial charge in [-0.05, 0) is 52.5 Å². The molecule has 1 N–H and O–H groups in total. The number of benzene rings is 1. The number of piperazine rings is 1. The Labute approximate surface area is 198 Å². The monoisotopic (exact) mass is 477 g/mol. The van der Waals surface area contributed by atoms with Crippen LogP contribution in [0.2, 0.25) is 0 Å². The summed E-state index contributed by atoms with van der Waals surface area (Å²) in [5, 5.41) is 9.16. The van der Waals surface area contributed by atoms with Crippen LogP contribution < -0.4 is 9.64 Å². The van der Waals surface area contributed by atoms with Gasteiger partial charge in [0.1, 0.15) is 17.2 Å². The molecular weight excluding hydrogens is 445 g/mol. The molecule has 2 saturated heterocycles. The molecule has 0 aromatic heterocycles. The number of carboxylic acids is 1. The maximum Gasteiger partial charge on any atom is 0.410 e. The molecule has 3 amide bonds. The summed E-state index contributed by atoms with van der Waals surface area (Å²) >= 11 is 0. The van der Waals surface area contributed by atoms with Crippen molar-refractivity contribution in [1.82, 2.24) is 9.80 Å². The molecule has 3 fully saturated rings. The number of ether oxygens (including phenoxy) is 2. The first-order valence-corrected chi connectivity index (χ1v) is 11.8. The van der Waals surface area contributed by atoms with Crippen molar-refractivity contribution in [1.29, 1.82) is 0 Å². The van der Waals surface area contributed by atoms with Crippen molar-refractivity contribution in [3.8, 4) is 5.75 Å². The number of aliphatic carboxylic acids is 1. The number of carbonyl (C=O) groups excluding carboxylic acids is 2. The van der Waals surface area contributed by atoms with Crippen molar-refractivity contribution < 1.29 is 33.4 Å². The molecule has 1 aromatic carbocycles. The molecular formula is C24H32FN3O6. The first kappa shape index (κ1) is 24.1. The number of carbonyl (C=O) groups is 3. The van der Waals surface area contributed by atoms with Gasteiger partial charge in [0.05, 0.1) is 23.8 Å². The summed E-state index contributed by atoms with van der Waals surface area (Å²) in [6, 6.07) is 3.79. The predicted octanol–water partition coefficient (Wildman–Crippen LogP) is 3.71. The minimum absolute atomic E-state index is 0.187. The molecule has 1 unspecified atom stereocenters. The van der Waals surface area contributed by atoms with E-state index in [4.69, 9.17) is 14.6 Å². The number of rotatable bonds is 4. The van der Waals surface area contributed by atoms with Crippen LogP contribution in [0.25, 0.3) is 0 Å². The second-order valence-electron chi connectivity index (χ2n) is 10.2. The molecule has 34 heavy (non-hydrogen) atoms. The molecule has 2 aliphatic heterocycles. The van der Waals surface area contributed by atoms with Gasteiger partial charge in [-0.2, -0.15) is 0 Å². The highest BCUT2D eigenvalue weighted by Gasteiger charge is 2.43. The minimum atomic E-state index is -0.791. The van der Waals surface area contributed by atoms with E-state index in [1.807, 2.05) is 20.8 Å². The molecule has 186 valence electrons. The molecule has 10 heteroatoms. The zero-order chi connectivity index (χ0) is 24.6. The molecule has 0 radical (unpaired) electrons. The van der Waals surface area contributed by atoms with Gasteiger partial charge in [0.2, 0.25) is 0 Å². The van der Waals surface area contributed by atoms with E-state index in [9.17, 15) is 18.8 Å². The lowest BCUT2D eigenvalue weighted by Gasteiger charge is -2.36. The summed E-state index contributed by atoms with van der Waals surface area (Å²) in [6.07, 6.45) is 1.63. The van der Waals surface area contributed by atoms with E-state index in [2.05, 4.69) is 0 Å². The fourth-order valence-corrected chi connectivity index (χ4v) is 4.81. The highest BCUT2D eigenvalue weighted by molar-refractivity contribution is 5.95. The van der Waals surface area contributed by atoms with E-state index in [0.29, 0.717) is 63.3 Å². The summed E-state index contributed by atoms with van der Waals surface area (Å²) in [6.45, 7) is 6.86. The number of anilines is 1. The Hall–Kier alpha value is -3.04. The lowest BCUT2D eigenvalue weighted by Crippen LogP contribution is -2.54. The fourth-order valence-electron chi connectivity index (χ4n) is 4.81. The second-order valence-corrected chi connectivity index (χ2v) is 10.2. The van der Waals surface area contributed by atoms with Crippen LogP contribution in [0.1, 0.15) is 46.5 Å². The smallest absolute Gasteiger partial charge is 0.410 e. The van der Waals surface area contributed by atoms with Crippen molar-refractivity contribution in [2.24, 2.45) is 5.92 Å². The van der Waals surface area contributed by atoms with E-state index in [0.717, 1.165) is 0 Å². The van der Waals surface area contributed by atoms with Crippen LogP contribution in [0.3, 0.4) is 0 Å². The Balaban J connectivity index is 1.42. The molecule has 1 aliphatic carbocycles. The molecule has 9 nitrogen and oxygen atoms in total. The number of fused-ring (bicyclic) bond motifs is 1. The van der Waals surface area contributed by atoms with E-state index >= 15 is 0 Å². The number of amides is 3. The summed E-state index contributed by atoms with van der Waals surface area (Å²) in [7, 11) is 0. The molecule has 1 aromatic rings. The van der Waals surface area contributed by atoms with Gasteiger partial charge in [-0.3, -0.25) is 9.69 Å². The summed E-state index contributed by atoms with van der Waals surface area (Å²) in [5.41, 5.74) is -0.200. The van der Waals surface area contributed by atoms with Gasteiger partial charge < -0.3 is 24.4 Å². The van der Waals surface area contributed by atoms with Crippen LogP contribution in [0.4, 0.5) is 19.7 Å². The summed E-state index contributed by atoms with van der Waals surface area (Å²) < 4.78 is 25.9. The maximum absolute atomic E-state index is 14.4. The number of hydrogen-bond acceptors (Lipinski definition) is 5. The van der Waals surface area contributed by atoms with Gasteiger partial charge in [-0.15, -0.1) is 0 Å². The second kappa shape index (κ2) is 9.31. The number of nitrogens with zero attached hydrogens (tertiary/aromatic N) is 3. The summed E-state index contributed by atoms with van der Waals surface area (Å²) in [5.74, 6) is -1.34. The number of halogens is 1. The molecule has 1 saturated carbocycles. The van der Waals surface area contributed by atoms with Crippen LogP contribution >= 0.6 is 0 Å². The maximum atomic E-state index is 14.4. The molecule has 1 atom stereocenters. The van der Waals surface area contributed by atoms with E-state index in [1.165, 1.54) is 17.0 Å². The third-order valence-electron chi connectivity index (χ3n) is 6.50. The van der Waals surface area contributed by atoms with Crippen LogP contribution in [0, 0.1) is 11.7 Å². The van der Waals surface area contributed by atoms with Crippen molar-refractivity contribution in [3.63, 3.8) is 0 Å². The molecule has 2 heterocycles. The Morgan fingerprint density at radius 1 is 1.06 bits per heavy atom. The van der Waals surface area contributed by atoms with Crippen LogP contribution in [-0.2, 0) is 9.53 Å². The largest absolute Gasteiger partial charge is 0.490 e. The SMILES string of the molecule is CC(C)(C)OC(=O)N1CCN2C(=O)N(c3cc(F)cc(OC4CCC(C(=O)O)CC4)c3)CC2C1. The Morgan fingerprint density at radius 2 is 1.76 bits per heavy atom. The van der Waals surface area contributed by atoms with Gasteiger partial charge in [0, 0.05) is 38.3 Å². The predicted molar refractivity (Wildman–Crippen MR) is 121 cm³/mol. The Morgan fingerprint density at radius 3 is 2.41 bits per heavy atom. The molecule has 4 rings (SSSR count). The van der Waals surface area contributed by atoms with Gasteiger partial charge in [-0.25, -0.2) is 14.0 Å². The van der Waals surface area contributed by atoms with E-state index < -0.39 is 23.5 Å². The van der Waals surface area contributed by atoms with E-state index in [-0.39, 0.29) is 24.1 Å². The zero-order valence-corrected chi connectivity index (χ0v) is 19.8. The van der Waals surface area contributed by atoms with Crippen molar-refractivity contribution in [2.45, 2.75) is 64.2 Å². The zero-order valence-electron chi connectivity index (χ0n) is 19.8. The van der Waals surface area contributed by atoms with Crippen molar-refractivity contribution >= 4 is 23.8 Å². The normalized spacial score (nSPS) is 25.2. The molecule has 0 spiro atoms. The fraction of sp³-hybridized carbons (Fsp3) is 0.625. The van der Waals surface area contributed by atoms with Gasteiger partial charge in [0.15, 0.2) is 0 Å². The van der Waals surface area contributed by atoms with Crippen molar-refractivity contribution in [3.05, 3.63) is 24.0 Å².